The van der Waals surface area contributed by atoms with Crippen LogP contribution in [0.5, 0.6) is 5.75 Å². The Morgan fingerprint density at radius 2 is 1.81 bits per heavy atom. The highest BCUT2D eigenvalue weighted by atomic mass is 127. The molecule has 13 heteroatoms. The summed E-state index contributed by atoms with van der Waals surface area (Å²) in [5, 5.41) is 11.1. The number of benzene rings is 4. The first-order chi connectivity index (χ1) is 23.1. The minimum Gasteiger partial charge on any atom is -0.487 e. The van der Waals surface area contributed by atoms with Crippen molar-refractivity contribution in [3.05, 3.63) is 162 Å². The van der Waals surface area contributed by atoms with Crippen molar-refractivity contribution in [2.45, 2.75) is 19.6 Å². The van der Waals surface area contributed by atoms with E-state index in [1.54, 1.807) is 37.3 Å². The lowest BCUT2D eigenvalue weighted by Gasteiger charge is -2.25. The number of hydrogen-bond acceptors (Lipinski definition) is 8. The molecule has 2 heterocycles. The third-order valence-corrected chi connectivity index (χ3v) is 9.66. The van der Waals surface area contributed by atoms with Crippen molar-refractivity contribution < 1.29 is 23.6 Å². The molecule has 5 aromatic rings. The molecular formula is C35H24BrFIN3O6S. The lowest BCUT2D eigenvalue weighted by atomic mass is 9.93. The quantitative estimate of drug-likeness (QED) is 0.0690. The van der Waals surface area contributed by atoms with Crippen LogP contribution in [0.3, 0.4) is 0 Å². The molecule has 0 radical (unpaired) electrons. The van der Waals surface area contributed by atoms with Crippen molar-refractivity contribution in [2.24, 2.45) is 4.99 Å². The van der Waals surface area contributed by atoms with Gasteiger partial charge in [-0.1, -0.05) is 69.7 Å². The molecule has 0 spiro atoms. The summed E-state index contributed by atoms with van der Waals surface area (Å²) in [5.41, 5.74) is 2.61. The van der Waals surface area contributed by atoms with Crippen LogP contribution in [0.15, 0.2) is 111 Å². The number of esters is 1. The fourth-order valence-corrected chi connectivity index (χ4v) is 7.95. The van der Waals surface area contributed by atoms with Crippen LogP contribution in [-0.2, 0) is 16.1 Å². The zero-order chi connectivity index (χ0) is 33.9. The molecule has 1 aromatic heterocycles. The second-order valence-corrected chi connectivity index (χ2v) is 13.6. The van der Waals surface area contributed by atoms with E-state index in [1.165, 1.54) is 28.8 Å². The Morgan fingerprint density at radius 1 is 1.10 bits per heavy atom. The monoisotopic (exact) mass is 839 g/mol. The lowest BCUT2D eigenvalue weighted by Crippen LogP contribution is -2.40. The maximum Gasteiger partial charge on any atom is 0.338 e. The zero-order valence-corrected chi connectivity index (χ0v) is 29.6. The number of halogens is 3. The molecule has 6 rings (SSSR count). The zero-order valence-electron chi connectivity index (χ0n) is 25.1. The molecule has 0 saturated heterocycles. The van der Waals surface area contributed by atoms with Crippen LogP contribution < -0.4 is 19.6 Å². The Hall–Kier alpha value is -4.47. The van der Waals surface area contributed by atoms with Gasteiger partial charge in [0.05, 0.1) is 36.9 Å². The van der Waals surface area contributed by atoms with Gasteiger partial charge in [0.1, 0.15) is 18.2 Å². The molecule has 48 heavy (non-hydrogen) atoms. The molecule has 0 bridgehead atoms. The Balaban J connectivity index is 1.52. The van der Waals surface area contributed by atoms with Crippen molar-refractivity contribution in [1.82, 2.24) is 4.57 Å². The van der Waals surface area contributed by atoms with Crippen molar-refractivity contribution in [2.75, 3.05) is 6.61 Å². The number of nitro groups is 1. The van der Waals surface area contributed by atoms with Crippen LogP contribution in [0.25, 0.3) is 11.8 Å². The first kappa shape index (κ1) is 33.4. The number of nitrogens with zero attached hydrogens (tertiary/aromatic N) is 3. The minimum absolute atomic E-state index is 0.0199. The third-order valence-electron chi connectivity index (χ3n) is 7.41. The Labute approximate surface area is 299 Å². The molecule has 9 nitrogen and oxygen atoms in total. The van der Waals surface area contributed by atoms with Gasteiger partial charge in [-0.15, -0.1) is 0 Å². The van der Waals surface area contributed by atoms with Gasteiger partial charge in [-0.05, 0) is 83.1 Å². The summed E-state index contributed by atoms with van der Waals surface area (Å²) in [7, 11) is 0. The summed E-state index contributed by atoms with van der Waals surface area (Å²) in [6, 6.07) is 23.7. The topological polar surface area (TPSA) is 113 Å². The van der Waals surface area contributed by atoms with E-state index in [-0.39, 0.29) is 24.5 Å². The van der Waals surface area contributed by atoms with E-state index in [4.69, 9.17) is 14.5 Å². The van der Waals surface area contributed by atoms with Gasteiger partial charge in [-0.25, -0.2) is 14.2 Å². The predicted octanol–water partition coefficient (Wildman–Crippen LogP) is 6.93. The number of carbonyl (C=O) groups excluding carboxylic acids is 1. The number of rotatable bonds is 9. The number of thiazole rings is 1. The second-order valence-electron chi connectivity index (χ2n) is 10.5. The minimum atomic E-state index is -0.946. The van der Waals surface area contributed by atoms with Gasteiger partial charge < -0.3 is 9.47 Å². The van der Waals surface area contributed by atoms with Gasteiger partial charge in [0.2, 0.25) is 0 Å². The number of fused-ring (bicyclic) bond motifs is 1. The summed E-state index contributed by atoms with van der Waals surface area (Å²) in [4.78, 5) is 43.7. The van der Waals surface area contributed by atoms with Gasteiger partial charge in [-0.3, -0.25) is 19.5 Å². The van der Waals surface area contributed by atoms with Crippen LogP contribution >= 0.6 is 49.9 Å². The van der Waals surface area contributed by atoms with Crippen molar-refractivity contribution in [3.8, 4) is 5.75 Å². The molecule has 1 aliphatic heterocycles. The molecule has 0 fully saturated rings. The molecule has 0 amide bonds. The second kappa shape index (κ2) is 14.3. The molecule has 1 aliphatic rings. The van der Waals surface area contributed by atoms with Crippen LogP contribution in [0.2, 0.25) is 0 Å². The van der Waals surface area contributed by atoms with E-state index in [9.17, 15) is 24.1 Å². The number of non-ortho nitro benzene ring substituents is 1. The molecule has 0 aliphatic carbocycles. The maximum absolute atomic E-state index is 14.3. The largest absolute Gasteiger partial charge is 0.487 e. The Morgan fingerprint density at radius 3 is 2.48 bits per heavy atom. The first-order valence-electron chi connectivity index (χ1n) is 14.5. The number of hydrogen-bond donors (Lipinski definition) is 0. The smallest absolute Gasteiger partial charge is 0.338 e. The van der Waals surface area contributed by atoms with Gasteiger partial charge >= 0.3 is 5.97 Å². The molecule has 0 N–H and O–H groups in total. The maximum atomic E-state index is 14.3. The highest BCUT2D eigenvalue weighted by Gasteiger charge is 2.35. The average Bonchev–Trinajstić information content (AvgIpc) is 3.38. The van der Waals surface area contributed by atoms with Crippen LogP contribution in [0, 0.1) is 19.5 Å². The Kier molecular flexibility index (Phi) is 9.99. The SMILES string of the molecule is CCOC(=O)C1=C(c2ccccc2)N=c2s/c(=C\c3cc(Br)cc(I)c3OCc3ccc([N+](=O)[O-])cc3)c(=O)n2[C@@H]1c1ccc(F)cc1. The summed E-state index contributed by atoms with van der Waals surface area (Å²) in [6.45, 7) is 1.93. The first-order valence-corrected chi connectivity index (χ1v) is 17.2. The van der Waals surface area contributed by atoms with Crippen LogP contribution in [0.1, 0.15) is 35.2 Å². The summed E-state index contributed by atoms with van der Waals surface area (Å²) >= 11 is 6.84. The fourth-order valence-electron chi connectivity index (χ4n) is 5.25. The number of ether oxygens (including phenoxy) is 2. The summed E-state index contributed by atoms with van der Waals surface area (Å²) < 4.78 is 29.1. The lowest BCUT2D eigenvalue weighted by molar-refractivity contribution is -0.384. The summed E-state index contributed by atoms with van der Waals surface area (Å²) in [6.07, 6.45) is 1.71. The van der Waals surface area contributed by atoms with Crippen molar-refractivity contribution in [1.29, 1.82) is 0 Å². The molecule has 0 saturated carbocycles. The number of aromatic nitrogens is 1. The van der Waals surface area contributed by atoms with E-state index >= 15 is 0 Å². The van der Waals surface area contributed by atoms with Gasteiger partial charge in [0.25, 0.3) is 11.2 Å². The standard InChI is InChI=1S/C35H24BrFIN3O6S/c1-2-46-34(43)29-30(21-6-4-3-5-7-21)39-35-40(31(29)22-10-12-25(37)13-11-22)33(42)28(48-35)17-23-16-24(36)18-27(38)32(23)47-19-20-8-14-26(15-9-20)41(44)45/h3-18,31H,2,19H2,1H3/b28-17-/t31-/m1/s1. The van der Waals surface area contributed by atoms with Gasteiger partial charge in [0, 0.05) is 27.7 Å². The average molecular weight is 840 g/mol. The summed E-state index contributed by atoms with van der Waals surface area (Å²) in [5.74, 6) is -0.580. The fraction of sp³-hybridized carbons (Fsp3) is 0.114. The molecular weight excluding hydrogens is 816 g/mol. The van der Waals surface area contributed by atoms with Gasteiger partial charge in [0.15, 0.2) is 4.80 Å². The number of nitro benzene ring substituents is 1. The van der Waals surface area contributed by atoms with E-state index in [0.717, 1.165) is 24.9 Å². The molecule has 4 aromatic carbocycles. The predicted molar refractivity (Wildman–Crippen MR) is 192 cm³/mol. The van der Waals surface area contributed by atoms with E-state index < -0.39 is 28.3 Å². The van der Waals surface area contributed by atoms with E-state index in [0.29, 0.717) is 37.5 Å². The van der Waals surface area contributed by atoms with Crippen molar-refractivity contribution >= 4 is 73.3 Å². The van der Waals surface area contributed by atoms with E-state index in [2.05, 4.69) is 38.5 Å². The van der Waals surface area contributed by atoms with Crippen LogP contribution in [-0.4, -0.2) is 22.1 Å². The Bertz CT molecular complexity index is 2260. The molecule has 0 unspecified atom stereocenters. The van der Waals surface area contributed by atoms with Crippen LogP contribution in [0.4, 0.5) is 10.1 Å². The van der Waals surface area contributed by atoms with Gasteiger partial charge in [-0.2, -0.15) is 0 Å². The number of carbonyl (C=O) groups is 1. The third kappa shape index (κ3) is 6.89. The normalized spacial score (nSPS) is 14.3. The van der Waals surface area contributed by atoms with Crippen molar-refractivity contribution in [3.63, 3.8) is 0 Å². The highest BCUT2D eigenvalue weighted by molar-refractivity contribution is 14.1. The highest BCUT2D eigenvalue weighted by Crippen LogP contribution is 2.36. The molecule has 1 atom stereocenters. The molecule has 242 valence electrons. The van der Waals surface area contributed by atoms with E-state index in [1.807, 2.05) is 42.5 Å².